The first-order valence-electron chi connectivity index (χ1n) is 7.78. The SMILES string of the molecule is C=C(NC1CCC(C)(C)CC1)c1cc2c(Cl)cc(Cl)cc2[nH]1. The van der Waals surface area contributed by atoms with Gasteiger partial charge < -0.3 is 10.3 Å². The molecule has 0 amide bonds. The second kappa shape index (κ2) is 5.82. The maximum Gasteiger partial charge on any atom is 0.0621 e. The maximum absolute atomic E-state index is 6.25. The number of H-pyrrole nitrogens is 1. The lowest BCUT2D eigenvalue weighted by molar-refractivity contribution is 0.216. The molecule has 0 saturated heterocycles. The number of nitrogens with one attached hydrogen (secondary N) is 2. The van der Waals surface area contributed by atoms with Gasteiger partial charge in [-0.05, 0) is 49.3 Å². The molecule has 118 valence electrons. The van der Waals surface area contributed by atoms with Crippen LogP contribution in [0.4, 0.5) is 0 Å². The van der Waals surface area contributed by atoms with Gasteiger partial charge in [0, 0.05) is 22.0 Å². The second-order valence-electron chi connectivity index (χ2n) is 7.09. The number of aromatic nitrogens is 1. The Labute approximate surface area is 141 Å². The number of rotatable bonds is 3. The average molecular weight is 337 g/mol. The smallest absolute Gasteiger partial charge is 0.0621 e. The van der Waals surface area contributed by atoms with E-state index in [1.54, 1.807) is 6.07 Å². The zero-order valence-electron chi connectivity index (χ0n) is 13.1. The number of aromatic amines is 1. The molecule has 1 saturated carbocycles. The molecule has 1 fully saturated rings. The van der Waals surface area contributed by atoms with Crippen LogP contribution in [0, 0.1) is 5.41 Å². The summed E-state index contributed by atoms with van der Waals surface area (Å²) in [5.41, 5.74) is 3.32. The molecule has 1 aliphatic carbocycles. The molecular formula is C18H22Cl2N2. The topological polar surface area (TPSA) is 27.8 Å². The van der Waals surface area contributed by atoms with Crippen molar-refractivity contribution in [3.63, 3.8) is 0 Å². The Balaban J connectivity index is 1.74. The van der Waals surface area contributed by atoms with E-state index in [2.05, 4.69) is 30.7 Å². The number of halogens is 2. The Bertz CT molecular complexity index is 705. The summed E-state index contributed by atoms with van der Waals surface area (Å²) in [6, 6.07) is 6.20. The van der Waals surface area contributed by atoms with Gasteiger partial charge in [0.2, 0.25) is 0 Å². The normalized spacial score (nSPS) is 18.5. The first-order chi connectivity index (χ1) is 10.3. The molecule has 22 heavy (non-hydrogen) atoms. The van der Waals surface area contributed by atoms with Gasteiger partial charge in [-0.2, -0.15) is 0 Å². The van der Waals surface area contributed by atoms with E-state index in [0.29, 0.717) is 21.5 Å². The van der Waals surface area contributed by atoms with E-state index in [9.17, 15) is 0 Å². The van der Waals surface area contributed by atoms with Crippen LogP contribution in [0.2, 0.25) is 10.0 Å². The van der Waals surface area contributed by atoms with E-state index < -0.39 is 0 Å². The Hall–Kier alpha value is -1.12. The van der Waals surface area contributed by atoms with Gasteiger partial charge >= 0.3 is 0 Å². The van der Waals surface area contributed by atoms with Crippen molar-refractivity contribution in [1.82, 2.24) is 10.3 Å². The quantitative estimate of drug-likeness (QED) is 0.706. The maximum atomic E-state index is 6.25. The van der Waals surface area contributed by atoms with Crippen LogP contribution >= 0.6 is 23.2 Å². The summed E-state index contributed by atoms with van der Waals surface area (Å²) < 4.78 is 0. The van der Waals surface area contributed by atoms with Crippen molar-refractivity contribution >= 4 is 39.8 Å². The van der Waals surface area contributed by atoms with Crippen molar-refractivity contribution in [1.29, 1.82) is 0 Å². The number of hydrogen-bond donors (Lipinski definition) is 2. The van der Waals surface area contributed by atoms with Gasteiger partial charge in [-0.1, -0.05) is 43.6 Å². The molecule has 0 bridgehead atoms. The van der Waals surface area contributed by atoms with E-state index in [1.165, 1.54) is 25.7 Å². The van der Waals surface area contributed by atoms with E-state index in [-0.39, 0.29) is 0 Å². The standard InChI is InChI=1S/C18H22Cl2N2/c1-11(21-13-4-6-18(2,3)7-5-13)16-10-14-15(20)8-12(19)9-17(14)22-16/h8-10,13,21-22H,1,4-7H2,2-3H3. The molecule has 2 nitrogen and oxygen atoms in total. The minimum atomic E-state index is 0.477. The van der Waals surface area contributed by atoms with Gasteiger partial charge in [0.05, 0.1) is 16.4 Å². The molecule has 1 aliphatic rings. The fraction of sp³-hybridized carbons (Fsp3) is 0.444. The molecule has 2 N–H and O–H groups in total. The van der Waals surface area contributed by atoms with Gasteiger partial charge in [-0.15, -0.1) is 0 Å². The van der Waals surface area contributed by atoms with E-state index in [4.69, 9.17) is 23.2 Å². The predicted octanol–water partition coefficient (Wildman–Crippen LogP) is 6.00. The number of benzene rings is 1. The van der Waals surface area contributed by atoms with Crippen LogP contribution < -0.4 is 5.32 Å². The summed E-state index contributed by atoms with van der Waals surface area (Å²) in [5.74, 6) is 0. The Kier molecular flexibility index (Phi) is 4.17. The molecule has 1 aromatic heterocycles. The van der Waals surface area contributed by atoms with E-state index in [0.717, 1.165) is 22.3 Å². The molecule has 3 rings (SSSR count). The summed E-state index contributed by atoms with van der Waals surface area (Å²) in [4.78, 5) is 3.35. The van der Waals surface area contributed by atoms with Crippen LogP contribution in [-0.4, -0.2) is 11.0 Å². The molecule has 1 aromatic carbocycles. The van der Waals surface area contributed by atoms with Crippen LogP contribution in [0.3, 0.4) is 0 Å². The molecule has 0 atom stereocenters. The summed E-state index contributed by atoms with van der Waals surface area (Å²) in [7, 11) is 0. The summed E-state index contributed by atoms with van der Waals surface area (Å²) in [6.45, 7) is 8.88. The molecule has 1 heterocycles. The Morgan fingerprint density at radius 3 is 2.59 bits per heavy atom. The largest absolute Gasteiger partial charge is 0.381 e. The van der Waals surface area contributed by atoms with Crippen LogP contribution in [0.5, 0.6) is 0 Å². The molecular weight excluding hydrogens is 315 g/mol. The lowest BCUT2D eigenvalue weighted by Gasteiger charge is -2.35. The highest BCUT2D eigenvalue weighted by Gasteiger charge is 2.27. The lowest BCUT2D eigenvalue weighted by atomic mass is 9.75. The molecule has 0 radical (unpaired) electrons. The van der Waals surface area contributed by atoms with Crippen LogP contribution in [0.25, 0.3) is 16.6 Å². The van der Waals surface area contributed by atoms with Crippen molar-refractivity contribution in [2.45, 2.75) is 45.6 Å². The molecule has 4 heteroatoms. The molecule has 0 unspecified atom stereocenters. The van der Waals surface area contributed by atoms with Gasteiger partial charge in [-0.3, -0.25) is 0 Å². The summed E-state index contributed by atoms with van der Waals surface area (Å²) in [5, 5.41) is 5.85. The fourth-order valence-electron chi connectivity index (χ4n) is 3.19. The van der Waals surface area contributed by atoms with E-state index in [1.807, 2.05) is 12.1 Å². The number of hydrogen-bond acceptors (Lipinski definition) is 1. The zero-order valence-corrected chi connectivity index (χ0v) is 14.6. The third kappa shape index (κ3) is 3.28. The molecule has 0 aliphatic heterocycles. The zero-order chi connectivity index (χ0) is 15.9. The minimum Gasteiger partial charge on any atom is -0.381 e. The van der Waals surface area contributed by atoms with Crippen molar-refractivity contribution in [2.24, 2.45) is 5.41 Å². The molecule has 2 aromatic rings. The highest BCUT2D eigenvalue weighted by molar-refractivity contribution is 6.38. The first-order valence-corrected chi connectivity index (χ1v) is 8.53. The highest BCUT2D eigenvalue weighted by atomic mass is 35.5. The van der Waals surface area contributed by atoms with Gasteiger partial charge in [-0.25, -0.2) is 0 Å². The van der Waals surface area contributed by atoms with Gasteiger partial charge in [0.1, 0.15) is 0 Å². The van der Waals surface area contributed by atoms with Crippen molar-refractivity contribution in [2.75, 3.05) is 0 Å². The highest BCUT2D eigenvalue weighted by Crippen LogP contribution is 2.36. The van der Waals surface area contributed by atoms with Crippen LogP contribution in [-0.2, 0) is 0 Å². The van der Waals surface area contributed by atoms with Gasteiger partial charge in [0.25, 0.3) is 0 Å². The van der Waals surface area contributed by atoms with Crippen molar-refractivity contribution in [3.8, 4) is 0 Å². The number of fused-ring (bicyclic) bond motifs is 1. The fourth-order valence-corrected chi connectivity index (χ4v) is 3.74. The van der Waals surface area contributed by atoms with Crippen LogP contribution in [0.1, 0.15) is 45.2 Å². The first kappa shape index (κ1) is 15.8. The van der Waals surface area contributed by atoms with Crippen molar-refractivity contribution in [3.05, 3.63) is 40.5 Å². The van der Waals surface area contributed by atoms with Crippen LogP contribution in [0.15, 0.2) is 24.8 Å². The van der Waals surface area contributed by atoms with Crippen molar-refractivity contribution < 1.29 is 0 Å². The third-order valence-electron chi connectivity index (χ3n) is 4.69. The monoisotopic (exact) mass is 336 g/mol. The van der Waals surface area contributed by atoms with E-state index >= 15 is 0 Å². The second-order valence-corrected chi connectivity index (χ2v) is 7.94. The molecule has 0 spiro atoms. The lowest BCUT2D eigenvalue weighted by Crippen LogP contribution is -2.34. The Morgan fingerprint density at radius 2 is 1.91 bits per heavy atom. The average Bonchev–Trinajstić information content (AvgIpc) is 2.85. The minimum absolute atomic E-state index is 0.477. The summed E-state index contributed by atoms with van der Waals surface area (Å²) in [6.07, 6.45) is 4.90. The Morgan fingerprint density at radius 1 is 1.23 bits per heavy atom. The third-order valence-corrected chi connectivity index (χ3v) is 5.23. The predicted molar refractivity (Wildman–Crippen MR) is 96.5 cm³/mol. The summed E-state index contributed by atoms with van der Waals surface area (Å²) >= 11 is 12.3. The van der Waals surface area contributed by atoms with Gasteiger partial charge in [0.15, 0.2) is 0 Å².